The van der Waals surface area contributed by atoms with Gasteiger partial charge >= 0.3 is 63.3 Å². The number of unbranched alkanes of at least 4 members (excludes halogenated alkanes) is 6. The number of carbonyl (C=O) groups excluding carboxylic acids is 2. The first kappa shape index (κ1) is 33.7. The molecule has 31 heavy (non-hydrogen) atoms. The SMILES string of the molecule is CC(C)CCCCCCOC(=O)CC(C(=O)OCCCCCCC(C)C)S(=O)(=O)O.[KH]. The number of rotatable bonds is 18. The van der Waals surface area contributed by atoms with E-state index in [2.05, 4.69) is 27.7 Å². The first-order chi connectivity index (χ1) is 14.0. The van der Waals surface area contributed by atoms with Crippen LogP contribution in [0.3, 0.4) is 0 Å². The molecule has 0 aromatic heterocycles. The first-order valence-electron chi connectivity index (χ1n) is 11.3. The van der Waals surface area contributed by atoms with Crippen LogP contribution in [0.25, 0.3) is 0 Å². The zero-order chi connectivity index (χ0) is 23.0. The van der Waals surface area contributed by atoms with E-state index in [9.17, 15) is 22.6 Å². The molecule has 1 atom stereocenters. The summed E-state index contributed by atoms with van der Waals surface area (Å²) in [4.78, 5) is 23.9. The van der Waals surface area contributed by atoms with Crippen molar-refractivity contribution in [2.45, 2.75) is 104 Å². The third-order valence-corrected chi connectivity index (χ3v) is 5.91. The molecule has 180 valence electrons. The number of esters is 2. The standard InChI is InChI=1S/C22H42O7S.K.H/c1-18(2)13-9-5-7-11-15-28-21(23)17-20(30(25,26)27)22(24)29-16-12-8-6-10-14-19(3)4;;/h18-20H,5-17H2,1-4H3,(H,25,26,27);;. The van der Waals surface area contributed by atoms with Crippen molar-refractivity contribution in [3.63, 3.8) is 0 Å². The van der Waals surface area contributed by atoms with Crippen molar-refractivity contribution in [1.29, 1.82) is 0 Å². The predicted molar refractivity (Wildman–Crippen MR) is 125 cm³/mol. The van der Waals surface area contributed by atoms with Crippen molar-refractivity contribution in [1.82, 2.24) is 0 Å². The van der Waals surface area contributed by atoms with E-state index in [0.29, 0.717) is 24.7 Å². The number of hydrogen-bond donors (Lipinski definition) is 1. The van der Waals surface area contributed by atoms with Crippen LogP contribution in [-0.4, -0.2) is 94.8 Å². The van der Waals surface area contributed by atoms with Gasteiger partial charge in [0.2, 0.25) is 0 Å². The summed E-state index contributed by atoms with van der Waals surface area (Å²) in [5.74, 6) is -0.608. The van der Waals surface area contributed by atoms with E-state index in [4.69, 9.17) is 9.47 Å². The molecule has 0 saturated heterocycles. The van der Waals surface area contributed by atoms with Gasteiger partial charge in [-0.25, -0.2) is 0 Å². The Balaban J connectivity index is 0. The van der Waals surface area contributed by atoms with Crippen molar-refractivity contribution in [3.05, 3.63) is 0 Å². The van der Waals surface area contributed by atoms with Gasteiger partial charge in [0.15, 0.2) is 5.25 Å². The van der Waals surface area contributed by atoms with Crippen molar-refractivity contribution in [3.8, 4) is 0 Å². The Morgan fingerprint density at radius 1 is 0.742 bits per heavy atom. The molecule has 0 saturated carbocycles. The fraction of sp³-hybridized carbons (Fsp3) is 0.909. The monoisotopic (exact) mass is 490 g/mol. The Bertz CT molecular complexity index is 576. The van der Waals surface area contributed by atoms with Gasteiger partial charge in [-0.05, 0) is 24.7 Å². The van der Waals surface area contributed by atoms with E-state index in [1.807, 2.05) is 0 Å². The average molecular weight is 491 g/mol. The summed E-state index contributed by atoms with van der Waals surface area (Å²) < 4.78 is 42.3. The van der Waals surface area contributed by atoms with Crippen molar-refractivity contribution in [2.75, 3.05) is 13.2 Å². The molecule has 0 rings (SSSR count). The summed E-state index contributed by atoms with van der Waals surface area (Å²) in [6, 6.07) is 0. The molecular weight excluding hydrogens is 447 g/mol. The molecule has 0 bridgehead atoms. The maximum absolute atomic E-state index is 12.0. The maximum atomic E-state index is 12.0. The second-order valence-electron chi connectivity index (χ2n) is 8.79. The van der Waals surface area contributed by atoms with Crippen LogP contribution >= 0.6 is 0 Å². The molecule has 0 aliphatic heterocycles. The van der Waals surface area contributed by atoms with Crippen LogP contribution in [0.15, 0.2) is 0 Å². The van der Waals surface area contributed by atoms with E-state index < -0.39 is 33.7 Å². The van der Waals surface area contributed by atoms with Gasteiger partial charge in [0.05, 0.1) is 19.6 Å². The van der Waals surface area contributed by atoms with Crippen LogP contribution < -0.4 is 0 Å². The third-order valence-electron chi connectivity index (χ3n) is 4.83. The minimum atomic E-state index is -4.75. The number of carbonyl (C=O) groups is 2. The molecule has 1 unspecified atom stereocenters. The van der Waals surface area contributed by atoms with E-state index in [1.165, 1.54) is 0 Å². The summed E-state index contributed by atoms with van der Waals surface area (Å²) in [6.07, 6.45) is 8.94. The number of ether oxygens (including phenoxy) is 2. The van der Waals surface area contributed by atoms with Gasteiger partial charge < -0.3 is 9.47 Å². The molecule has 0 radical (unpaired) electrons. The summed E-state index contributed by atoms with van der Waals surface area (Å²) in [5.41, 5.74) is 0. The Morgan fingerprint density at radius 2 is 1.16 bits per heavy atom. The second kappa shape index (κ2) is 19.9. The molecule has 0 heterocycles. The van der Waals surface area contributed by atoms with Crippen LogP contribution in [0, 0.1) is 11.8 Å². The van der Waals surface area contributed by atoms with E-state index in [0.717, 1.165) is 51.4 Å². The van der Waals surface area contributed by atoms with Crippen molar-refractivity contribution in [2.24, 2.45) is 11.8 Å². The van der Waals surface area contributed by atoms with E-state index >= 15 is 0 Å². The molecule has 0 aromatic carbocycles. The van der Waals surface area contributed by atoms with Gasteiger partial charge in [0.25, 0.3) is 10.1 Å². The molecule has 0 fully saturated rings. The second-order valence-corrected chi connectivity index (χ2v) is 10.4. The molecule has 0 spiro atoms. The van der Waals surface area contributed by atoms with Crippen LogP contribution in [0.5, 0.6) is 0 Å². The van der Waals surface area contributed by atoms with Crippen LogP contribution in [0.2, 0.25) is 0 Å². The zero-order valence-electron chi connectivity index (χ0n) is 19.2. The molecule has 7 nitrogen and oxygen atoms in total. The van der Waals surface area contributed by atoms with Crippen molar-refractivity contribution >= 4 is 73.4 Å². The van der Waals surface area contributed by atoms with E-state index in [1.54, 1.807) is 0 Å². The van der Waals surface area contributed by atoms with E-state index in [-0.39, 0.29) is 64.6 Å². The van der Waals surface area contributed by atoms with Crippen LogP contribution in [0.4, 0.5) is 0 Å². The Kier molecular flexibility index (Phi) is 21.6. The molecule has 1 N–H and O–H groups in total. The van der Waals surface area contributed by atoms with Gasteiger partial charge in [0, 0.05) is 0 Å². The Labute approximate surface area is 232 Å². The Hall–Kier alpha value is 0.486. The van der Waals surface area contributed by atoms with Crippen LogP contribution in [-0.2, 0) is 29.2 Å². The molecular formula is C22H43KO7S. The van der Waals surface area contributed by atoms with Gasteiger partial charge in [-0.2, -0.15) is 8.42 Å². The molecule has 0 aromatic rings. The van der Waals surface area contributed by atoms with Gasteiger partial charge in [-0.15, -0.1) is 0 Å². The molecule has 9 heteroatoms. The topological polar surface area (TPSA) is 107 Å². The van der Waals surface area contributed by atoms with Gasteiger partial charge in [-0.1, -0.05) is 79.1 Å². The first-order valence-corrected chi connectivity index (χ1v) is 12.8. The summed E-state index contributed by atoms with van der Waals surface area (Å²) in [7, 11) is -4.75. The quantitative estimate of drug-likeness (QED) is 0.132. The minimum absolute atomic E-state index is 0. The molecule has 0 amide bonds. The van der Waals surface area contributed by atoms with Gasteiger partial charge in [0.1, 0.15) is 0 Å². The van der Waals surface area contributed by atoms with Crippen molar-refractivity contribution < 1.29 is 32.0 Å². The summed E-state index contributed by atoms with van der Waals surface area (Å²) in [5, 5.41) is -1.93. The fourth-order valence-electron chi connectivity index (χ4n) is 2.99. The van der Waals surface area contributed by atoms with Gasteiger partial charge in [-0.3, -0.25) is 14.1 Å². The Morgan fingerprint density at radius 3 is 1.58 bits per heavy atom. The third kappa shape index (κ3) is 20.8. The number of hydrogen-bond acceptors (Lipinski definition) is 6. The average Bonchev–Trinajstić information content (AvgIpc) is 2.62. The van der Waals surface area contributed by atoms with Crippen LogP contribution in [0.1, 0.15) is 98.3 Å². The normalized spacial score (nSPS) is 12.5. The summed E-state index contributed by atoms with van der Waals surface area (Å²) in [6.45, 7) is 8.91. The molecule has 0 aliphatic rings. The fourth-order valence-corrected chi connectivity index (χ4v) is 3.65. The summed E-state index contributed by atoms with van der Waals surface area (Å²) >= 11 is 0. The predicted octanol–water partition coefficient (Wildman–Crippen LogP) is 4.28. The zero-order valence-corrected chi connectivity index (χ0v) is 20.0. The molecule has 0 aliphatic carbocycles.